The van der Waals surface area contributed by atoms with Gasteiger partial charge in [-0.1, -0.05) is 6.07 Å². The van der Waals surface area contributed by atoms with Gasteiger partial charge in [0.05, 0.1) is 39.8 Å². The van der Waals surface area contributed by atoms with Crippen LogP contribution in [-0.2, 0) is 17.7 Å². The van der Waals surface area contributed by atoms with Crippen molar-refractivity contribution in [3.8, 4) is 11.5 Å². The van der Waals surface area contributed by atoms with Gasteiger partial charge in [0, 0.05) is 58.7 Å². The van der Waals surface area contributed by atoms with E-state index in [1.165, 1.54) is 28.8 Å². The minimum absolute atomic E-state index is 0.0375. The summed E-state index contributed by atoms with van der Waals surface area (Å²) in [4.78, 5) is 36.4. The summed E-state index contributed by atoms with van der Waals surface area (Å²) in [6.45, 7) is -0.562. The molecule has 0 spiro atoms. The molecule has 2 aliphatic heterocycles. The zero-order valence-corrected chi connectivity index (χ0v) is 26.3. The molecule has 3 aromatic heterocycles. The monoisotopic (exact) mass is 683 g/mol. The number of hydrogen-bond acceptors (Lipinski definition) is 12. The first-order valence-corrected chi connectivity index (χ1v) is 16.1. The molecule has 0 saturated carbocycles. The van der Waals surface area contributed by atoms with Crippen molar-refractivity contribution in [2.45, 2.75) is 50.0 Å². The molecule has 6 aromatic rings. The molecule has 2 aliphatic rings. The standard InChI is InChI=1S/C35H33N5O10/c41-9-1-2-16-4-3-15(12-36-16)13-37-40-33(48)26-24-19-7-5-17(43)10-21(19)38-28(24)29-25(27(26)34(40)49)20-8-6-18(44)11-22(20)39(29)35-32(47)31(46)30(45)23(14-42)50-35/h3-8,10-12,23,30-32,35,37-38,41-47H,1-2,9,13-14H2. The van der Waals surface area contributed by atoms with Gasteiger partial charge in [0.2, 0.25) is 0 Å². The summed E-state index contributed by atoms with van der Waals surface area (Å²) in [7, 11) is 0. The fourth-order valence-electron chi connectivity index (χ4n) is 7.26. The summed E-state index contributed by atoms with van der Waals surface area (Å²) in [5, 5.41) is 75.2. The fourth-order valence-corrected chi connectivity index (χ4v) is 7.26. The Balaban J connectivity index is 1.36. The van der Waals surface area contributed by atoms with E-state index in [1.807, 2.05) is 12.1 Å². The van der Waals surface area contributed by atoms with E-state index in [0.717, 1.165) is 10.7 Å². The summed E-state index contributed by atoms with van der Waals surface area (Å²) in [5.41, 5.74) is 5.85. The normalized spacial score (nSPS) is 22.5. The lowest BCUT2D eigenvalue weighted by atomic mass is 9.96. The molecular weight excluding hydrogens is 650 g/mol. The molecule has 5 heterocycles. The maximum absolute atomic E-state index is 14.4. The molecule has 15 nitrogen and oxygen atoms in total. The van der Waals surface area contributed by atoms with Crippen molar-refractivity contribution in [3.63, 3.8) is 0 Å². The summed E-state index contributed by atoms with van der Waals surface area (Å²) >= 11 is 0. The Morgan fingerprint density at radius 2 is 1.58 bits per heavy atom. The van der Waals surface area contributed by atoms with Crippen molar-refractivity contribution < 1.29 is 50.1 Å². The number of pyridine rings is 1. The highest BCUT2D eigenvalue weighted by Gasteiger charge is 2.47. The summed E-state index contributed by atoms with van der Waals surface area (Å²) in [6.07, 6.45) is -5.02. The van der Waals surface area contributed by atoms with Gasteiger partial charge in [-0.05, 0) is 48.7 Å². The van der Waals surface area contributed by atoms with Crippen LogP contribution in [0.4, 0.5) is 0 Å². The van der Waals surface area contributed by atoms with E-state index in [-0.39, 0.29) is 52.2 Å². The average Bonchev–Trinajstić information content (AvgIpc) is 3.72. The number of rotatable bonds is 8. The van der Waals surface area contributed by atoms with Crippen LogP contribution in [0, 0.1) is 0 Å². The van der Waals surface area contributed by atoms with Crippen molar-refractivity contribution in [2.24, 2.45) is 0 Å². The van der Waals surface area contributed by atoms with Crippen LogP contribution in [0.5, 0.6) is 11.5 Å². The number of aliphatic hydroxyl groups is 5. The van der Waals surface area contributed by atoms with Crippen LogP contribution >= 0.6 is 0 Å². The van der Waals surface area contributed by atoms with E-state index >= 15 is 0 Å². The SMILES string of the molecule is O=C1c2c(c3c4ccc(O)cc4n(C4OC(CO)C(O)C(O)C4O)c3c3[nH]c4cc(O)ccc4c23)C(=O)N1NCc1ccc(CCCO)nc1. The number of aromatic hydroxyl groups is 2. The van der Waals surface area contributed by atoms with E-state index in [2.05, 4.69) is 15.4 Å². The molecular formula is C35H33N5O10. The highest BCUT2D eigenvalue weighted by atomic mass is 16.6. The number of benzene rings is 3. The van der Waals surface area contributed by atoms with Crippen LogP contribution in [0.2, 0.25) is 0 Å². The van der Waals surface area contributed by atoms with Crippen LogP contribution in [0.15, 0.2) is 54.7 Å². The molecule has 0 bridgehead atoms. The van der Waals surface area contributed by atoms with Crippen LogP contribution < -0.4 is 5.43 Å². The number of H-pyrrole nitrogens is 1. The number of nitrogens with zero attached hydrogens (tertiary/aromatic N) is 3. The van der Waals surface area contributed by atoms with E-state index < -0.39 is 49.1 Å². The van der Waals surface area contributed by atoms with Gasteiger partial charge in [0.15, 0.2) is 6.23 Å². The van der Waals surface area contributed by atoms with Crippen LogP contribution in [0.3, 0.4) is 0 Å². The summed E-state index contributed by atoms with van der Waals surface area (Å²) in [6, 6.07) is 12.5. The Kier molecular flexibility index (Phi) is 7.72. The Morgan fingerprint density at radius 1 is 0.860 bits per heavy atom. The highest BCUT2D eigenvalue weighted by Crippen LogP contribution is 2.47. The number of phenolic OH excluding ortho intramolecular Hbond substituents is 2. The quantitative estimate of drug-likeness (QED) is 0.104. The third-order valence-electron chi connectivity index (χ3n) is 9.63. The third kappa shape index (κ3) is 4.74. The number of aryl methyl sites for hydroxylation is 1. The van der Waals surface area contributed by atoms with Crippen LogP contribution in [0.1, 0.15) is 44.6 Å². The second-order valence-corrected chi connectivity index (χ2v) is 12.6. The van der Waals surface area contributed by atoms with E-state index in [9.17, 15) is 40.2 Å². The van der Waals surface area contributed by atoms with Crippen molar-refractivity contribution in [3.05, 3.63) is 77.1 Å². The maximum Gasteiger partial charge on any atom is 0.276 e. The zero-order chi connectivity index (χ0) is 35.0. The van der Waals surface area contributed by atoms with Gasteiger partial charge in [-0.3, -0.25) is 14.6 Å². The Morgan fingerprint density at radius 3 is 2.28 bits per heavy atom. The maximum atomic E-state index is 14.4. The number of hydrogen-bond donors (Lipinski definition) is 9. The first-order chi connectivity index (χ1) is 24.1. The second kappa shape index (κ2) is 12.0. The van der Waals surface area contributed by atoms with E-state index in [4.69, 9.17) is 9.84 Å². The first-order valence-electron chi connectivity index (χ1n) is 16.1. The lowest BCUT2D eigenvalue weighted by Crippen LogP contribution is -2.56. The predicted octanol–water partition coefficient (Wildman–Crippen LogP) is 1.43. The number of carbonyl (C=O) groups is 2. The molecule has 258 valence electrons. The lowest BCUT2D eigenvalue weighted by Gasteiger charge is -2.41. The number of phenols is 2. The molecule has 9 N–H and O–H groups in total. The van der Waals surface area contributed by atoms with E-state index in [0.29, 0.717) is 45.6 Å². The molecule has 0 aliphatic carbocycles. The van der Waals surface area contributed by atoms with Crippen molar-refractivity contribution in [1.29, 1.82) is 0 Å². The Hall–Kier alpha value is -5.13. The summed E-state index contributed by atoms with van der Waals surface area (Å²) in [5.74, 6) is -1.52. The fraction of sp³-hybridized carbons (Fsp3) is 0.286. The Bertz CT molecular complexity index is 2330. The molecule has 3 aromatic carbocycles. The zero-order valence-electron chi connectivity index (χ0n) is 26.3. The molecule has 2 amide bonds. The number of aromatic nitrogens is 3. The Labute approximate surface area is 282 Å². The molecule has 5 atom stereocenters. The minimum Gasteiger partial charge on any atom is -0.508 e. The van der Waals surface area contributed by atoms with Crippen molar-refractivity contribution in [2.75, 3.05) is 13.2 Å². The number of nitrogens with one attached hydrogen (secondary N) is 2. The summed E-state index contributed by atoms with van der Waals surface area (Å²) < 4.78 is 7.48. The molecule has 1 fully saturated rings. The van der Waals surface area contributed by atoms with Crippen LogP contribution in [-0.4, -0.2) is 105 Å². The van der Waals surface area contributed by atoms with Gasteiger partial charge in [-0.2, -0.15) is 0 Å². The number of hydrazine groups is 1. The van der Waals surface area contributed by atoms with E-state index in [1.54, 1.807) is 18.3 Å². The number of amides is 2. The number of imide groups is 1. The van der Waals surface area contributed by atoms with Gasteiger partial charge in [-0.15, -0.1) is 0 Å². The van der Waals surface area contributed by atoms with Gasteiger partial charge >= 0.3 is 0 Å². The average molecular weight is 684 g/mol. The largest absolute Gasteiger partial charge is 0.508 e. The molecule has 5 unspecified atom stereocenters. The molecule has 1 saturated heterocycles. The molecule has 50 heavy (non-hydrogen) atoms. The van der Waals surface area contributed by atoms with Crippen molar-refractivity contribution >= 4 is 55.4 Å². The third-order valence-corrected chi connectivity index (χ3v) is 9.63. The lowest BCUT2D eigenvalue weighted by molar-refractivity contribution is -0.249. The van der Waals surface area contributed by atoms with Gasteiger partial charge < -0.3 is 50.0 Å². The van der Waals surface area contributed by atoms with Gasteiger partial charge in [-0.25, -0.2) is 10.4 Å². The number of ether oxygens (including phenoxy) is 1. The topological polar surface area (TPSA) is 234 Å². The predicted molar refractivity (Wildman–Crippen MR) is 178 cm³/mol. The second-order valence-electron chi connectivity index (χ2n) is 12.6. The number of fused-ring (bicyclic) bond motifs is 10. The minimum atomic E-state index is -1.73. The molecule has 8 rings (SSSR count). The van der Waals surface area contributed by atoms with Crippen molar-refractivity contribution in [1.82, 2.24) is 25.0 Å². The van der Waals surface area contributed by atoms with Crippen LogP contribution in [0.25, 0.3) is 43.6 Å². The smallest absolute Gasteiger partial charge is 0.276 e. The number of aliphatic hydroxyl groups excluding tert-OH is 5. The number of aromatic amines is 1. The van der Waals surface area contributed by atoms with Gasteiger partial charge in [0.25, 0.3) is 11.8 Å². The molecule has 0 radical (unpaired) electrons. The van der Waals surface area contributed by atoms with Gasteiger partial charge in [0.1, 0.15) is 35.9 Å². The number of carbonyl (C=O) groups excluding carboxylic acids is 2. The molecule has 15 heteroatoms. The highest BCUT2D eigenvalue weighted by molar-refractivity contribution is 6.39. The first kappa shape index (κ1) is 32.1.